The molecule has 1 aliphatic rings. The summed E-state index contributed by atoms with van der Waals surface area (Å²) in [6, 6.07) is 70.1. The summed E-state index contributed by atoms with van der Waals surface area (Å²) in [7, 11) is 0. The lowest BCUT2D eigenvalue weighted by Gasteiger charge is -2.22. The van der Waals surface area contributed by atoms with Crippen LogP contribution in [0.4, 0.5) is 0 Å². The van der Waals surface area contributed by atoms with Crippen LogP contribution in [-0.4, -0.2) is 9.97 Å². The van der Waals surface area contributed by atoms with Gasteiger partial charge in [-0.2, -0.15) is 0 Å². The maximum atomic E-state index is 5.34. The Hall–Kier alpha value is -7.16. The molecule has 1 heterocycles. The van der Waals surface area contributed by atoms with Gasteiger partial charge in [-0.1, -0.05) is 172 Å². The van der Waals surface area contributed by atoms with E-state index in [1.807, 2.05) is 0 Å². The van der Waals surface area contributed by atoms with E-state index in [-0.39, 0.29) is 5.41 Å². The van der Waals surface area contributed by atoms with Gasteiger partial charge in [0.15, 0.2) is 5.82 Å². The van der Waals surface area contributed by atoms with Crippen molar-refractivity contribution in [3.05, 3.63) is 205 Å². The lowest BCUT2D eigenvalue weighted by Crippen LogP contribution is -2.14. The summed E-state index contributed by atoms with van der Waals surface area (Å²) < 4.78 is 0. The molecule has 0 fully saturated rings. The van der Waals surface area contributed by atoms with Crippen molar-refractivity contribution >= 4 is 32.3 Å². The maximum absolute atomic E-state index is 5.34. The third kappa shape index (κ3) is 5.48. The van der Waals surface area contributed by atoms with Crippen molar-refractivity contribution in [3.63, 3.8) is 0 Å². The molecule has 1 aliphatic carbocycles. The second-order valence-corrected chi connectivity index (χ2v) is 15.8. The van der Waals surface area contributed by atoms with Gasteiger partial charge < -0.3 is 0 Å². The van der Waals surface area contributed by atoms with E-state index in [9.17, 15) is 0 Å². The zero-order valence-corrected chi connectivity index (χ0v) is 31.9. The molecule has 9 aromatic carbocycles. The molecule has 0 N–H and O–H groups in total. The van der Waals surface area contributed by atoms with Crippen LogP contribution in [0.5, 0.6) is 0 Å². The summed E-state index contributed by atoms with van der Waals surface area (Å²) in [6.45, 7) is 4.72. The predicted octanol–water partition coefficient (Wildman–Crippen LogP) is 14.6. The van der Waals surface area contributed by atoms with Crippen molar-refractivity contribution in [2.45, 2.75) is 19.3 Å². The number of aromatic nitrogens is 2. The van der Waals surface area contributed by atoms with Crippen LogP contribution < -0.4 is 0 Å². The topological polar surface area (TPSA) is 25.8 Å². The van der Waals surface area contributed by atoms with Gasteiger partial charge in [0.1, 0.15) is 0 Å². The van der Waals surface area contributed by atoms with E-state index in [4.69, 9.17) is 9.97 Å². The molecule has 0 radical (unpaired) electrons. The molecule has 57 heavy (non-hydrogen) atoms. The Morgan fingerprint density at radius 1 is 0.298 bits per heavy atom. The van der Waals surface area contributed by atoms with Crippen LogP contribution in [0.2, 0.25) is 0 Å². The highest BCUT2D eigenvalue weighted by molar-refractivity contribution is 6.26. The monoisotopic (exact) mass is 726 g/mol. The number of hydrogen-bond donors (Lipinski definition) is 0. The highest BCUT2D eigenvalue weighted by Crippen LogP contribution is 2.51. The first-order chi connectivity index (χ1) is 28.0. The van der Waals surface area contributed by atoms with E-state index in [0.717, 1.165) is 39.2 Å². The fraction of sp³-hybridized carbons (Fsp3) is 0.0545. The van der Waals surface area contributed by atoms with Crippen LogP contribution in [-0.2, 0) is 5.41 Å². The first kappa shape index (κ1) is 33.2. The molecule has 0 saturated heterocycles. The zero-order valence-electron chi connectivity index (χ0n) is 31.9. The van der Waals surface area contributed by atoms with E-state index < -0.39 is 0 Å². The van der Waals surface area contributed by atoms with Gasteiger partial charge >= 0.3 is 0 Å². The maximum Gasteiger partial charge on any atom is 0.160 e. The van der Waals surface area contributed by atoms with Gasteiger partial charge in [-0.25, -0.2) is 9.97 Å². The molecule has 1 aromatic heterocycles. The van der Waals surface area contributed by atoms with Crippen molar-refractivity contribution < 1.29 is 0 Å². The van der Waals surface area contributed by atoms with E-state index in [1.54, 1.807) is 0 Å². The fourth-order valence-corrected chi connectivity index (χ4v) is 9.14. The number of benzene rings is 9. The largest absolute Gasteiger partial charge is 0.228 e. The zero-order chi connectivity index (χ0) is 38.1. The summed E-state index contributed by atoms with van der Waals surface area (Å²) in [5.74, 6) is 0.703. The van der Waals surface area contributed by atoms with Gasteiger partial charge in [-0.15, -0.1) is 0 Å². The fourth-order valence-electron chi connectivity index (χ4n) is 9.14. The summed E-state index contributed by atoms with van der Waals surface area (Å²) in [5.41, 5.74) is 14.9. The van der Waals surface area contributed by atoms with Crippen molar-refractivity contribution in [1.29, 1.82) is 0 Å². The molecule has 0 spiro atoms. The highest BCUT2D eigenvalue weighted by Gasteiger charge is 2.35. The molecule has 10 aromatic rings. The smallest absolute Gasteiger partial charge is 0.160 e. The van der Waals surface area contributed by atoms with E-state index in [0.29, 0.717) is 5.82 Å². The second-order valence-electron chi connectivity index (χ2n) is 15.8. The minimum Gasteiger partial charge on any atom is -0.228 e. The first-order valence-electron chi connectivity index (χ1n) is 19.7. The SMILES string of the molecule is CC1(C)c2ccccc2-c2cc3c4ccccc4c4cc(-c5nc(-c6cccc(-c7ccccc7)c6)cc(-c6cccc(-c7ccccc7)c6)n5)ccc4c3cc21. The molecule has 2 nitrogen and oxygen atoms in total. The van der Waals surface area contributed by atoms with Gasteiger partial charge in [0, 0.05) is 22.1 Å². The quantitative estimate of drug-likeness (QED) is 0.165. The van der Waals surface area contributed by atoms with Crippen molar-refractivity contribution in [1.82, 2.24) is 9.97 Å². The van der Waals surface area contributed by atoms with E-state index >= 15 is 0 Å². The third-order valence-corrected chi connectivity index (χ3v) is 12.1. The minimum atomic E-state index is -0.0850. The van der Waals surface area contributed by atoms with Gasteiger partial charge in [0.05, 0.1) is 11.4 Å². The Bertz CT molecular complexity index is 3100. The molecule has 0 amide bonds. The van der Waals surface area contributed by atoms with Crippen molar-refractivity contribution in [2.24, 2.45) is 0 Å². The molecule has 0 bridgehead atoms. The normalized spacial score (nSPS) is 12.9. The van der Waals surface area contributed by atoms with Crippen LogP contribution in [0.1, 0.15) is 25.0 Å². The average Bonchev–Trinajstić information content (AvgIpc) is 3.51. The molecule has 2 heteroatoms. The standard InChI is InChI=1S/C55H38N2/c1-55(2)50-26-12-11-25-45(50)49-32-47-43-24-10-9-23-42(43)46-31-41(27-28-44(46)48(47)33-51(49)55)54-56-52(39-21-13-19-37(29-39)35-15-5-3-6-16-35)34-53(57-54)40-22-14-20-38(30-40)36-17-7-4-8-18-36/h3-34H,1-2H3. The molecule has 0 unspecified atom stereocenters. The van der Waals surface area contributed by atoms with Crippen LogP contribution in [0, 0.1) is 0 Å². The summed E-state index contributed by atoms with van der Waals surface area (Å²) in [5, 5.41) is 7.50. The molecule has 0 aliphatic heterocycles. The lowest BCUT2D eigenvalue weighted by atomic mass is 9.81. The summed E-state index contributed by atoms with van der Waals surface area (Å²) in [4.78, 5) is 10.7. The first-order valence-corrected chi connectivity index (χ1v) is 19.7. The second kappa shape index (κ2) is 13.0. The minimum absolute atomic E-state index is 0.0850. The van der Waals surface area contributed by atoms with Gasteiger partial charge in [-0.05, 0) is 113 Å². The summed E-state index contributed by atoms with van der Waals surface area (Å²) in [6.07, 6.45) is 0. The van der Waals surface area contributed by atoms with E-state index in [1.165, 1.54) is 65.7 Å². The Morgan fingerprint density at radius 2 is 0.789 bits per heavy atom. The molecule has 0 saturated carbocycles. The molecular formula is C55H38N2. The number of rotatable bonds is 5. The number of fused-ring (bicyclic) bond motifs is 9. The van der Waals surface area contributed by atoms with Gasteiger partial charge in [0.2, 0.25) is 0 Å². The Kier molecular flexibility index (Phi) is 7.55. The van der Waals surface area contributed by atoms with Crippen molar-refractivity contribution in [2.75, 3.05) is 0 Å². The molecule has 11 rings (SSSR count). The highest BCUT2D eigenvalue weighted by atomic mass is 14.9. The Morgan fingerprint density at radius 3 is 1.42 bits per heavy atom. The molecule has 0 atom stereocenters. The van der Waals surface area contributed by atoms with Gasteiger partial charge in [-0.3, -0.25) is 0 Å². The third-order valence-electron chi connectivity index (χ3n) is 12.1. The molecular weight excluding hydrogens is 689 g/mol. The average molecular weight is 727 g/mol. The van der Waals surface area contributed by atoms with Crippen LogP contribution in [0.25, 0.3) is 99.6 Å². The predicted molar refractivity (Wildman–Crippen MR) is 239 cm³/mol. The number of hydrogen-bond acceptors (Lipinski definition) is 2. The number of nitrogens with zero attached hydrogens (tertiary/aromatic N) is 2. The molecule has 268 valence electrons. The Balaban J connectivity index is 1.12. The van der Waals surface area contributed by atoms with E-state index in [2.05, 4.69) is 208 Å². The van der Waals surface area contributed by atoms with Crippen LogP contribution in [0.3, 0.4) is 0 Å². The van der Waals surface area contributed by atoms with Crippen molar-refractivity contribution in [3.8, 4) is 67.3 Å². The van der Waals surface area contributed by atoms with Crippen LogP contribution in [0.15, 0.2) is 194 Å². The lowest BCUT2D eigenvalue weighted by molar-refractivity contribution is 0.661. The Labute approximate surface area is 332 Å². The van der Waals surface area contributed by atoms with Crippen LogP contribution >= 0.6 is 0 Å². The summed E-state index contributed by atoms with van der Waals surface area (Å²) >= 11 is 0. The van der Waals surface area contributed by atoms with Gasteiger partial charge in [0.25, 0.3) is 0 Å².